The fraction of sp³-hybridized carbons (Fsp3) is 0.600. The van der Waals surface area contributed by atoms with Crippen molar-refractivity contribution < 1.29 is 24.2 Å². The standard InChI is InChI=1S/C30H48O5/c1-3-5-7-9-10-11-12-13-14-15-16-17-18-19-20-21-23-25-30(33)35-28(26-31)27-34-29(32)24-22-8-6-4-2/h5,7,10-11,13-14,16-17,19-20,28,31H,3-4,6,8-9,12,15,18,21-27H2,1-2H3/b7-5-,11-10-,14-13-,17-16-,20-19-. The van der Waals surface area contributed by atoms with Crippen molar-refractivity contribution in [2.24, 2.45) is 0 Å². The molecule has 5 heteroatoms. The summed E-state index contributed by atoms with van der Waals surface area (Å²) >= 11 is 0. The van der Waals surface area contributed by atoms with Gasteiger partial charge in [-0.1, -0.05) is 93.9 Å². The topological polar surface area (TPSA) is 72.8 Å². The number of hydrogen-bond acceptors (Lipinski definition) is 5. The van der Waals surface area contributed by atoms with Gasteiger partial charge in [-0.05, 0) is 51.4 Å². The molecule has 0 aliphatic heterocycles. The summed E-state index contributed by atoms with van der Waals surface area (Å²) in [5.74, 6) is -0.690. The minimum atomic E-state index is -0.796. The molecule has 0 rings (SSSR count). The molecule has 0 aromatic heterocycles. The van der Waals surface area contributed by atoms with E-state index in [0.717, 1.165) is 64.2 Å². The predicted molar refractivity (Wildman–Crippen MR) is 145 cm³/mol. The first kappa shape index (κ1) is 32.6. The minimum Gasteiger partial charge on any atom is -0.462 e. The molecule has 5 nitrogen and oxygen atoms in total. The third-order valence-corrected chi connectivity index (χ3v) is 5.08. The molecule has 0 aliphatic carbocycles. The van der Waals surface area contributed by atoms with Crippen molar-refractivity contribution in [3.63, 3.8) is 0 Å². The van der Waals surface area contributed by atoms with Crippen LogP contribution in [0.5, 0.6) is 0 Å². The van der Waals surface area contributed by atoms with E-state index in [1.807, 2.05) is 0 Å². The van der Waals surface area contributed by atoms with Gasteiger partial charge in [0, 0.05) is 12.8 Å². The van der Waals surface area contributed by atoms with Crippen LogP contribution >= 0.6 is 0 Å². The zero-order chi connectivity index (χ0) is 25.8. The van der Waals surface area contributed by atoms with Crippen molar-refractivity contribution in [1.82, 2.24) is 0 Å². The van der Waals surface area contributed by atoms with Crippen LogP contribution in [0.1, 0.15) is 97.3 Å². The van der Waals surface area contributed by atoms with Crippen molar-refractivity contribution in [3.8, 4) is 0 Å². The molecule has 0 spiro atoms. The molecule has 0 bridgehead atoms. The van der Waals surface area contributed by atoms with Gasteiger partial charge in [0.05, 0.1) is 6.61 Å². The number of hydrogen-bond donors (Lipinski definition) is 1. The minimum absolute atomic E-state index is 0.0936. The van der Waals surface area contributed by atoms with Gasteiger partial charge < -0.3 is 14.6 Å². The Morgan fingerprint density at radius 3 is 1.77 bits per heavy atom. The second-order valence-corrected chi connectivity index (χ2v) is 8.39. The van der Waals surface area contributed by atoms with Crippen molar-refractivity contribution in [3.05, 3.63) is 60.8 Å². The number of carbonyl (C=O) groups excluding carboxylic acids is 2. The SMILES string of the molecule is CC/C=C\C/C=C\C/C=C\C/C=C\C/C=C\CCCC(=O)OC(CO)COC(=O)CCCCCC. The van der Waals surface area contributed by atoms with Crippen LogP contribution < -0.4 is 0 Å². The molecule has 35 heavy (non-hydrogen) atoms. The molecule has 0 amide bonds. The van der Waals surface area contributed by atoms with E-state index in [1.54, 1.807) is 0 Å². The molecule has 0 aromatic carbocycles. The third-order valence-electron chi connectivity index (χ3n) is 5.08. The number of aliphatic hydroxyl groups excluding tert-OH is 1. The van der Waals surface area contributed by atoms with E-state index in [2.05, 4.69) is 74.6 Å². The van der Waals surface area contributed by atoms with Crippen LogP contribution in [0.25, 0.3) is 0 Å². The lowest BCUT2D eigenvalue weighted by Crippen LogP contribution is -2.28. The highest BCUT2D eigenvalue weighted by molar-refractivity contribution is 5.70. The molecule has 0 heterocycles. The van der Waals surface area contributed by atoms with Gasteiger partial charge in [0.2, 0.25) is 0 Å². The number of ether oxygens (including phenoxy) is 2. The van der Waals surface area contributed by atoms with E-state index in [4.69, 9.17) is 9.47 Å². The first-order valence-corrected chi connectivity index (χ1v) is 13.3. The molecule has 198 valence electrons. The fourth-order valence-electron chi connectivity index (χ4n) is 3.06. The normalized spacial score (nSPS) is 13.1. The summed E-state index contributed by atoms with van der Waals surface area (Å²) in [6.45, 7) is 3.80. The molecule has 0 saturated carbocycles. The predicted octanol–water partition coefficient (Wildman–Crippen LogP) is 7.33. The zero-order valence-electron chi connectivity index (χ0n) is 22.0. The molecule has 0 radical (unpaired) electrons. The second-order valence-electron chi connectivity index (χ2n) is 8.39. The summed E-state index contributed by atoms with van der Waals surface area (Å²) < 4.78 is 10.3. The molecule has 1 atom stereocenters. The van der Waals surface area contributed by atoms with Crippen molar-refractivity contribution in [2.75, 3.05) is 13.2 Å². The summed E-state index contributed by atoms with van der Waals surface area (Å²) in [6.07, 6.45) is 31.7. The van der Waals surface area contributed by atoms with Crippen LogP contribution in [0.4, 0.5) is 0 Å². The van der Waals surface area contributed by atoms with E-state index in [9.17, 15) is 14.7 Å². The Morgan fingerprint density at radius 2 is 1.23 bits per heavy atom. The van der Waals surface area contributed by atoms with E-state index in [1.165, 1.54) is 0 Å². The number of esters is 2. The Balaban J connectivity index is 3.78. The van der Waals surface area contributed by atoms with Crippen LogP contribution in [0.15, 0.2) is 60.8 Å². The molecule has 1 N–H and O–H groups in total. The van der Waals surface area contributed by atoms with Gasteiger partial charge in [0.15, 0.2) is 6.10 Å². The smallest absolute Gasteiger partial charge is 0.306 e. The molecular formula is C30H48O5. The van der Waals surface area contributed by atoms with E-state index >= 15 is 0 Å². The number of rotatable bonds is 22. The Bertz CT molecular complexity index is 658. The van der Waals surface area contributed by atoms with Gasteiger partial charge in [-0.2, -0.15) is 0 Å². The third kappa shape index (κ3) is 24.5. The maximum Gasteiger partial charge on any atom is 0.306 e. The number of unbranched alkanes of at least 4 members (excludes halogenated alkanes) is 4. The monoisotopic (exact) mass is 488 g/mol. The van der Waals surface area contributed by atoms with E-state index in [-0.39, 0.29) is 31.6 Å². The Labute approximate surface area is 213 Å². The van der Waals surface area contributed by atoms with Crippen LogP contribution in [0.2, 0.25) is 0 Å². The largest absolute Gasteiger partial charge is 0.462 e. The summed E-state index contributed by atoms with van der Waals surface area (Å²) in [4.78, 5) is 23.6. The number of carbonyl (C=O) groups is 2. The highest BCUT2D eigenvalue weighted by Gasteiger charge is 2.15. The summed E-state index contributed by atoms with van der Waals surface area (Å²) in [7, 11) is 0. The lowest BCUT2D eigenvalue weighted by atomic mass is 10.2. The van der Waals surface area contributed by atoms with Crippen LogP contribution in [0, 0.1) is 0 Å². The lowest BCUT2D eigenvalue weighted by molar-refractivity contribution is -0.161. The van der Waals surface area contributed by atoms with Gasteiger partial charge in [-0.25, -0.2) is 0 Å². The Kier molecular flexibility index (Phi) is 24.4. The first-order chi connectivity index (χ1) is 17.1. The highest BCUT2D eigenvalue weighted by Crippen LogP contribution is 2.06. The summed E-state index contributed by atoms with van der Waals surface area (Å²) in [5, 5.41) is 9.36. The fourth-order valence-corrected chi connectivity index (χ4v) is 3.06. The summed E-state index contributed by atoms with van der Waals surface area (Å²) in [5.41, 5.74) is 0. The maximum atomic E-state index is 11.9. The van der Waals surface area contributed by atoms with Gasteiger partial charge in [-0.15, -0.1) is 0 Å². The van der Waals surface area contributed by atoms with Crippen molar-refractivity contribution >= 4 is 11.9 Å². The zero-order valence-corrected chi connectivity index (χ0v) is 22.0. The molecule has 0 saturated heterocycles. The van der Waals surface area contributed by atoms with Crippen molar-refractivity contribution in [2.45, 2.75) is 103 Å². The average Bonchev–Trinajstić information content (AvgIpc) is 2.86. The molecule has 1 unspecified atom stereocenters. The maximum absolute atomic E-state index is 11.9. The number of allylic oxidation sites excluding steroid dienone is 10. The molecule has 0 aromatic rings. The van der Waals surface area contributed by atoms with Crippen LogP contribution in [-0.4, -0.2) is 36.4 Å². The molecular weight excluding hydrogens is 440 g/mol. The summed E-state index contributed by atoms with van der Waals surface area (Å²) in [6, 6.07) is 0. The Morgan fingerprint density at radius 1 is 0.686 bits per heavy atom. The number of aliphatic hydroxyl groups is 1. The van der Waals surface area contributed by atoms with E-state index < -0.39 is 6.10 Å². The van der Waals surface area contributed by atoms with E-state index in [0.29, 0.717) is 12.8 Å². The average molecular weight is 489 g/mol. The first-order valence-electron chi connectivity index (χ1n) is 13.3. The van der Waals surface area contributed by atoms with Gasteiger partial charge in [0.25, 0.3) is 0 Å². The lowest BCUT2D eigenvalue weighted by Gasteiger charge is -2.15. The quantitative estimate of drug-likeness (QED) is 0.0981. The van der Waals surface area contributed by atoms with Gasteiger partial charge in [0.1, 0.15) is 6.61 Å². The van der Waals surface area contributed by atoms with Crippen LogP contribution in [0.3, 0.4) is 0 Å². The highest BCUT2D eigenvalue weighted by atomic mass is 16.6. The van der Waals surface area contributed by atoms with Gasteiger partial charge in [-0.3, -0.25) is 9.59 Å². The Hall–Kier alpha value is -2.40. The van der Waals surface area contributed by atoms with Crippen LogP contribution in [-0.2, 0) is 19.1 Å². The second kappa shape index (κ2) is 26.2. The molecule has 0 fully saturated rings. The van der Waals surface area contributed by atoms with Crippen molar-refractivity contribution in [1.29, 1.82) is 0 Å². The molecule has 0 aliphatic rings. The van der Waals surface area contributed by atoms with Gasteiger partial charge >= 0.3 is 11.9 Å².